The fourth-order valence-electron chi connectivity index (χ4n) is 0.812. The highest BCUT2D eigenvalue weighted by Crippen LogP contribution is 1.98. The number of methoxy groups -OCH3 is 1. The number of nitrogens with one attached hydrogen (secondary N) is 1. The largest absolute Gasteiger partial charge is 0.385 e. The Labute approximate surface area is 77.7 Å². The third kappa shape index (κ3) is 12.6. The minimum atomic E-state index is 0.736. The Morgan fingerprint density at radius 3 is 2.33 bits per heavy atom. The van der Waals surface area contributed by atoms with Crippen molar-refractivity contribution in [2.24, 2.45) is 5.92 Å². The summed E-state index contributed by atoms with van der Waals surface area (Å²) in [5.41, 5.74) is 0. The Hall–Kier alpha value is -0.0800. The lowest BCUT2D eigenvalue weighted by Gasteiger charge is -2.09. The zero-order valence-electron chi connectivity index (χ0n) is 9.31. The number of rotatable bonds is 6. The Balaban J connectivity index is 0. The van der Waals surface area contributed by atoms with Gasteiger partial charge >= 0.3 is 0 Å². The van der Waals surface area contributed by atoms with Crippen LogP contribution in [0.4, 0.5) is 0 Å². The second-order valence-electron chi connectivity index (χ2n) is 2.69. The van der Waals surface area contributed by atoms with Crippen molar-refractivity contribution >= 4 is 0 Å². The van der Waals surface area contributed by atoms with Crippen LogP contribution in [0.2, 0.25) is 0 Å². The molecule has 0 aromatic rings. The van der Waals surface area contributed by atoms with E-state index in [1.807, 2.05) is 13.8 Å². The Morgan fingerprint density at radius 2 is 1.92 bits per heavy atom. The molecule has 0 heterocycles. The van der Waals surface area contributed by atoms with E-state index in [1.54, 1.807) is 7.11 Å². The predicted molar refractivity (Wildman–Crippen MR) is 55.5 cm³/mol. The van der Waals surface area contributed by atoms with Gasteiger partial charge in [0, 0.05) is 13.7 Å². The molecular formula is C10H25NO. The van der Waals surface area contributed by atoms with Crippen molar-refractivity contribution in [2.45, 2.75) is 34.1 Å². The lowest BCUT2D eigenvalue weighted by atomic mass is 10.1. The van der Waals surface area contributed by atoms with Gasteiger partial charge in [0.15, 0.2) is 0 Å². The number of ether oxygens (including phenoxy) is 1. The van der Waals surface area contributed by atoms with Crippen LogP contribution in [0.3, 0.4) is 0 Å². The second-order valence-corrected chi connectivity index (χ2v) is 2.69. The number of hydrogen-bond acceptors (Lipinski definition) is 2. The van der Waals surface area contributed by atoms with Crippen LogP contribution >= 0.6 is 0 Å². The minimum Gasteiger partial charge on any atom is -0.385 e. The van der Waals surface area contributed by atoms with Gasteiger partial charge in [0.05, 0.1) is 0 Å². The topological polar surface area (TPSA) is 21.3 Å². The van der Waals surface area contributed by atoms with Crippen LogP contribution in [0.15, 0.2) is 0 Å². The molecule has 1 N–H and O–H groups in total. The summed E-state index contributed by atoms with van der Waals surface area (Å²) >= 11 is 0. The molecule has 0 rings (SSSR count). The first-order chi connectivity index (χ1) is 5.81. The molecule has 0 radical (unpaired) electrons. The van der Waals surface area contributed by atoms with Crippen molar-refractivity contribution in [3.63, 3.8) is 0 Å². The van der Waals surface area contributed by atoms with Gasteiger partial charge in [0.25, 0.3) is 0 Å². The van der Waals surface area contributed by atoms with Gasteiger partial charge < -0.3 is 10.1 Å². The molecule has 2 heteroatoms. The molecule has 2 nitrogen and oxygen atoms in total. The molecule has 0 aliphatic heterocycles. The molecule has 0 amide bonds. The van der Waals surface area contributed by atoms with Crippen LogP contribution in [0.25, 0.3) is 0 Å². The van der Waals surface area contributed by atoms with Crippen molar-refractivity contribution in [1.82, 2.24) is 5.32 Å². The van der Waals surface area contributed by atoms with E-state index in [0.29, 0.717) is 0 Å². The van der Waals surface area contributed by atoms with Crippen molar-refractivity contribution in [3.8, 4) is 0 Å². The van der Waals surface area contributed by atoms with Crippen molar-refractivity contribution < 1.29 is 4.74 Å². The van der Waals surface area contributed by atoms with E-state index >= 15 is 0 Å². The van der Waals surface area contributed by atoms with Crippen LogP contribution in [-0.4, -0.2) is 26.8 Å². The zero-order chi connectivity index (χ0) is 9.82. The van der Waals surface area contributed by atoms with E-state index < -0.39 is 0 Å². The molecule has 0 aliphatic carbocycles. The molecule has 0 saturated carbocycles. The highest BCUT2D eigenvalue weighted by molar-refractivity contribution is 4.54. The van der Waals surface area contributed by atoms with Gasteiger partial charge in [0.2, 0.25) is 0 Å². The second kappa shape index (κ2) is 13.5. The summed E-state index contributed by atoms with van der Waals surface area (Å²) in [6, 6.07) is 0. The first-order valence-corrected chi connectivity index (χ1v) is 5.00. The molecule has 76 valence electrons. The zero-order valence-corrected chi connectivity index (χ0v) is 9.31. The van der Waals surface area contributed by atoms with E-state index in [1.165, 1.54) is 0 Å². The predicted octanol–water partition coefficient (Wildman–Crippen LogP) is 2.29. The smallest absolute Gasteiger partial charge is 0.0465 e. The van der Waals surface area contributed by atoms with Crippen molar-refractivity contribution in [3.05, 3.63) is 0 Å². The summed E-state index contributed by atoms with van der Waals surface area (Å²) < 4.78 is 4.96. The maximum absolute atomic E-state index is 4.96. The SMILES string of the molecule is CC.CCNCC(C)CCOC. The first kappa shape index (κ1) is 14.4. The summed E-state index contributed by atoms with van der Waals surface area (Å²) in [6.07, 6.45) is 1.16. The molecule has 0 aromatic carbocycles. The average Bonchev–Trinajstić information content (AvgIpc) is 2.14. The third-order valence-corrected chi connectivity index (χ3v) is 1.56. The summed E-state index contributed by atoms with van der Waals surface area (Å²) in [4.78, 5) is 0. The minimum absolute atomic E-state index is 0.736. The van der Waals surface area contributed by atoms with Crippen LogP contribution in [0.1, 0.15) is 34.1 Å². The molecule has 0 aromatic heterocycles. The van der Waals surface area contributed by atoms with Gasteiger partial charge in [-0.3, -0.25) is 0 Å². The average molecular weight is 175 g/mol. The molecule has 12 heavy (non-hydrogen) atoms. The van der Waals surface area contributed by atoms with E-state index in [-0.39, 0.29) is 0 Å². The molecule has 0 spiro atoms. The molecule has 1 unspecified atom stereocenters. The number of hydrogen-bond donors (Lipinski definition) is 1. The van der Waals surface area contributed by atoms with E-state index in [0.717, 1.165) is 32.0 Å². The molecular weight excluding hydrogens is 150 g/mol. The van der Waals surface area contributed by atoms with E-state index in [4.69, 9.17) is 4.74 Å². The Morgan fingerprint density at radius 1 is 1.33 bits per heavy atom. The van der Waals surface area contributed by atoms with Crippen LogP contribution in [-0.2, 0) is 4.74 Å². The quantitative estimate of drug-likeness (QED) is 0.669. The normalized spacial score (nSPS) is 11.8. The fraction of sp³-hybridized carbons (Fsp3) is 1.00. The summed E-state index contributed by atoms with van der Waals surface area (Å²) in [7, 11) is 1.75. The summed E-state index contributed by atoms with van der Waals surface area (Å²) in [6.45, 7) is 11.4. The van der Waals surface area contributed by atoms with Gasteiger partial charge in [-0.05, 0) is 25.4 Å². The Bertz CT molecular complexity index is 58.9. The van der Waals surface area contributed by atoms with Crippen molar-refractivity contribution in [2.75, 3.05) is 26.8 Å². The highest BCUT2D eigenvalue weighted by Gasteiger charge is 1.98. The summed E-state index contributed by atoms with van der Waals surface area (Å²) in [5, 5.41) is 3.30. The van der Waals surface area contributed by atoms with Crippen LogP contribution in [0.5, 0.6) is 0 Å². The highest BCUT2D eigenvalue weighted by atomic mass is 16.5. The van der Waals surface area contributed by atoms with Gasteiger partial charge in [-0.25, -0.2) is 0 Å². The molecule has 0 bridgehead atoms. The standard InChI is InChI=1S/C8H19NO.C2H6/c1-4-9-7-8(2)5-6-10-3;1-2/h8-9H,4-7H2,1-3H3;1-2H3. The van der Waals surface area contributed by atoms with Gasteiger partial charge in [-0.1, -0.05) is 27.7 Å². The summed E-state index contributed by atoms with van der Waals surface area (Å²) in [5.74, 6) is 0.736. The van der Waals surface area contributed by atoms with E-state index in [2.05, 4.69) is 19.2 Å². The molecule has 0 fully saturated rings. The van der Waals surface area contributed by atoms with Gasteiger partial charge in [-0.2, -0.15) is 0 Å². The maximum Gasteiger partial charge on any atom is 0.0465 e. The van der Waals surface area contributed by atoms with Gasteiger partial charge in [-0.15, -0.1) is 0 Å². The molecule has 1 atom stereocenters. The van der Waals surface area contributed by atoms with E-state index in [9.17, 15) is 0 Å². The van der Waals surface area contributed by atoms with Crippen LogP contribution < -0.4 is 5.32 Å². The first-order valence-electron chi connectivity index (χ1n) is 5.00. The molecule has 0 saturated heterocycles. The monoisotopic (exact) mass is 175 g/mol. The lowest BCUT2D eigenvalue weighted by Crippen LogP contribution is -2.21. The van der Waals surface area contributed by atoms with Gasteiger partial charge in [0.1, 0.15) is 0 Å². The molecule has 0 aliphatic rings. The third-order valence-electron chi connectivity index (χ3n) is 1.56. The maximum atomic E-state index is 4.96. The van der Waals surface area contributed by atoms with Crippen LogP contribution in [0, 0.1) is 5.92 Å². The Kier molecular flexibility index (Phi) is 16.3. The lowest BCUT2D eigenvalue weighted by molar-refractivity contribution is 0.179. The van der Waals surface area contributed by atoms with Crippen molar-refractivity contribution in [1.29, 1.82) is 0 Å². The fourth-order valence-corrected chi connectivity index (χ4v) is 0.812.